The van der Waals surface area contributed by atoms with Crippen LogP contribution in [0.4, 0.5) is 11.4 Å². The van der Waals surface area contributed by atoms with Crippen LogP contribution in [0.1, 0.15) is 100 Å². The van der Waals surface area contributed by atoms with Crippen LogP contribution in [0.3, 0.4) is 0 Å². The third-order valence-electron chi connectivity index (χ3n) is 11.5. The lowest BCUT2D eigenvalue weighted by molar-refractivity contribution is -0.383. The number of ether oxygens (including phenoxy) is 2. The molecular formula is C50H64B6N2O19. The van der Waals surface area contributed by atoms with E-state index in [0.717, 1.165) is 23.7 Å². The second-order valence-electron chi connectivity index (χ2n) is 17.5. The summed E-state index contributed by atoms with van der Waals surface area (Å²) in [7, 11) is -5.04. The van der Waals surface area contributed by atoms with E-state index in [2.05, 4.69) is 0 Å². The molecule has 0 amide bonds. The van der Waals surface area contributed by atoms with Gasteiger partial charge in [-0.3, -0.25) is 39.4 Å². The van der Waals surface area contributed by atoms with Crippen LogP contribution >= 0.6 is 0 Å². The zero-order valence-electron chi connectivity index (χ0n) is 42.3. The van der Waals surface area contributed by atoms with E-state index in [1.54, 1.807) is 74.3 Å². The Labute approximate surface area is 449 Å². The molecule has 0 aliphatic heterocycles. The third kappa shape index (κ3) is 23.0. The molecule has 0 aliphatic carbocycles. The van der Waals surface area contributed by atoms with Crippen LogP contribution < -0.4 is 32.8 Å². The molecular weight excluding hydrogens is 997 g/mol. The number of ketones is 4. The van der Waals surface area contributed by atoms with E-state index in [0.29, 0.717) is 79.3 Å². The first-order valence-corrected chi connectivity index (χ1v) is 24.3. The van der Waals surface area contributed by atoms with Gasteiger partial charge in [0.25, 0.3) is 11.4 Å². The van der Waals surface area contributed by atoms with Crippen LogP contribution in [0.2, 0.25) is 20.5 Å². The standard InChI is InChI=1S/C21H24B2N2O10.C21H26B2O6.C7H10B2O3.CH4/c1-22(28)16-8-6-14(12-18(16)24(31)32)20(26)4-2-10-35-11-3-5-21(27)15-7-9-17(23(29)30)19(13-15)25(33)34;1-22(26)18-10-6-16(7-11-18)20(24)4-2-14-29-15-3-5-21(25)17-8-12-19(13-9-17)23(27)28;1-8(10)6-3-2-4-7(5-6)9(11)12;/h6-9,12-13,28-30H,2-5,10-11H2,1H3;6-13,26-28H,2-5,14-15H2,1H3;2-5,10-12H,1H3;1H4. The minimum Gasteiger partial charge on any atom is -0.447 e. The molecule has 0 saturated heterocycles. The first-order valence-electron chi connectivity index (χ1n) is 24.3. The zero-order valence-corrected chi connectivity index (χ0v) is 42.3. The first-order chi connectivity index (χ1) is 36.0. The molecule has 0 fully saturated rings. The molecule has 0 heterocycles. The number of Topliss-reactive ketones (excluding diaryl/α,β-unsaturated/α-hetero) is 4. The summed E-state index contributed by atoms with van der Waals surface area (Å²) < 4.78 is 10.9. The van der Waals surface area contributed by atoms with Crippen LogP contribution in [0.5, 0.6) is 0 Å². The fourth-order valence-corrected chi connectivity index (χ4v) is 7.21. The second kappa shape index (κ2) is 34.3. The monoisotopic (exact) mass is 1060 g/mol. The lowest BCUT2D eigenvalue weighted by Gasteiger charge is -2.07. The highest BCUT2D eigenvalue weighted by Crippen LogP contribution is 2.17. The molecule has 0 saturated carbocycles. The molecule has 0 bridgehead atoms. The van der Waals surface area contributed by atoms with Crippen molar-refractivity contribution in [3.05, 3.63) is 152 Å². The van der Waals surface area contributed by atoms with Crippen molar-refractivity contribution in [1.82, 2.24) is 0 Å². The predicted molar refractivity (Wildman–Crippen MR) is 298 cm³/mol. The number of rotatable bonds is 28. The van der Waals surface area contributed by atoms with E-state index in [1.807, 2.05) is 0 Å². The lowest BCUT2D eigenvalue weighted by atomic mass is 9.62. The van der Waals surface area contributed by atoms with E-state index >= 15 is 0 Å². The zero-order chi connectivity index (χ0) is 56.5. The summed E-state index contributed by atoms with van der Waals surface area (Å²) >= 11 is 0. The summed E-state index contributed by atoms with van der Waals surface area (Å²) in [6, 6.07) is 27.1. The summed E-state index contributed by atoms with van der Waals surface area (Å²) in [5, 5.41) is 105. The smallest absolute Gasteiger partial charge is 0.447 e. The van der Waals surface area contributed by atoms with E-state index in [9.17, 15) is 59.5 Å². The van der Waals surface area contributed by atoms with Gasteiger partial charge < -0.3 is 54.7 Å². The molecule has 406 valence electrons. The van der Waals surface area contributed by atoms with Gasteiger partial charge >= 0.3 is 42.1 Å². The summed E-state index contributed by atoms with van der Waals surface area (Å²) in [5.74, 6) is -0.657. The van der Waals surface area contributed by atoms with E-state index in [1.165, 1.54) is 37.2 Å². The van der Waals surface area contributed by atoms with E-state index in [-0.39, 0.29) is 84.4 Å². The molecule has 0 spiro atoms. The average molecular weight is 1060 g/mol. The molecule has 0 aliphatic rings. The molecule has 0 atom stereocenters. The lowest BCUT2D eigenvalue weighted by Crippen LogP contribution is -2.36. The summed E-state index contributed by atoms with van der Waals surface area (Å²) in [6.45, 7) is 3.87. The average Bonchev–Trinajstić information content (AvgIpc) is 3.39. The minimum atomic E-state index is -2.03. The van der Waals surface area contributed by atoms with Crippen LogP contribution in [-0.2, 0) is 9.47 Å². The number of carbonyl (C=O) groups excluding carboxylic acids is 4. The molecule has 21 nitrogen and oxygen atoms in total. The van der Waals surface area contributed by atoms with Crippen molar-refractivity contribution in [3.63, 3.8) is 0 Å². The van der Waals surface area contributed by atoms with Crippen molar-refractivity contribution < 1.29 is 83.7 Å². The van der Waals surface area contributed by atoms with E-state index in [4.69, 9.17) is 34.6 Å². The molecule has 9 N–H and O–H groups in total. The second-order valence-corrected chi connectivity index (χ2v) is 17.5. The van der Waals surface area contributed by atoms with Crippen molar-refractivity contribution in [1.29, 1.82) is 0 Å². The van der Waals surface area contributed by atoms with Gasteiger partial charge in [-0.2, -0.15) is 0 Å². The molecule has 77 heavy (non-hydrogen) atoms. The van der Waals surface area contributed by atoms with Crippen molar-refractivity contribution in [2.75, 3.05) is 26.4 Å². The number of nitrogens with zero attached hydrogens (tertiary/aromatic N) is 2. The molecule has 0 unspecified atom stereocenters. The third-order valence-corrected chi connectivity index (χ3v) is 11.5. The quantitative estimate of drug-likeness (QED) is 0.0107. The van der Waals surface area contributed by atoms with Gasteiger partial charge in [0.15, 0.2) is 23.1 Å². The van der Waals surface area contributed by atoms with Crippen LogP contribution in [0.25, 0.3) is 0 Å². The summed E-state index contributed by atoms with van der Waals surface area (Å²) in [5.41, 5.74) is 2.54. The Balaban J connectivity index is 0.000000433. The van der Waals surface area contributed by atoms with Gasteiger partial charge in [-0.05, 0) is 47.5 Å². The molecule has 27 heteroatoms. The predicted octanol–water partition coefficient (Wildman–Crippen LogP) is 0.299. The Morgan fingerprint density at radius 1 is 0.416 bits per heavy atom. The highest BCUT2D eigenvalue weighted by molar-refractivity contribution is 6.67. The molecule has 5 aromatic carbocycles. The Hall–Kier alpha value is -6.47. The number of carbonyl (C=O) groups is 4. The molecule has 0 aromatic heterocycles. The number of nitro benzene ring substituents is 2. The first kappa shape index (κ1) is 66.6. The van der Waals surface area contributed by atoms with Gasteiger partial charge in [-0.1, -0.05) is 125 Å². The Morgan fingerprint density at radius 3 is 1.10 bits per heavy atom. The number of hydrogen-bond donors (Lipinski definition) is 9. The van der Waals surface area contributed by atoms with Gasteiger partial charge in [0, 0.05) is 92.0 Å². The maximum absolute atomic E-state index is 12.3. The maximum Gasteiger partial charge on any atom is 0.495 e. The Bertz CT molecular complexity index is 2520. The number of hydrogen-bond acceptors (Lipinski definition) is 19. The van der Waals surface area contributed by atoms with Crippen LogP contribution in [0.15, 0.2) is 109 Å². The molecule has 5 aromatic rings. The number of nitro groups is 2. The Morgan fingerprint density at radius 2 is 0.753 bits per heavy atom. The minimum absolute atomic E-state index is 0. The van der Waals surface area contributed by atoms with Crippen molar-refractivity contribution in [2.24, 2.45) is 0 Å². The SMILES string of the molecule is C.CB(O)c1ccc(C(=O)CCCOCCCC(=O)c2ccc(B(O)O)c([N+](=O)[O-])c2)cc1[N+](=O)[O-].CB(O)c1ccc(C(=O)CCCOCCCC(=O)c2ccc(B(O)O)cc2)cc1.CB(O)c1cccc(B(O)O)c1. The number of benzene rings is 5. The van der Waals surface area contributed by atoms with Crippen molar-refractivity contribution >= 4 is 109 Å². The van der Waals surface area contributed by atoms with Gasteiger partial charge in [-0.15, -0.1) is 0 Å². The van der Waals surface area contributed by atoms with Gasteiger partial charge in [0.05, 0.1) is 15.3 Å². The summed E-state index contributed by atoms with van der Waals surface area (Å²) in [6.07, 6.45) is 2.75. The fourth-order valence-electron chi connectivity index (χ4n) is 7.21. The fraction of sp³-hybridized carbons (Fsp3) is 0.320. The Kier molecular flexibility index (Phi) is 29.7. The molecule has 0 radical (unpaired) electrons. The normalized spacial score (nSPS) is 10.3. The highest BCUT2D eigenvalue weighted by Gasteiger charge is 2.26. The molecule has 5 rings (SSSR count). The van der Waals surface area contributed by atoms with Gasteiger partial charge in [0.2, 0.25) is 0 Å². The van der Waals surface area contributed by atoms with Gasteiger partial charge in [0.1, 0.15) is 0 Å². The highest BCUT2D eigenvalue weighted by atomic mass is 16.6. The van der Waals surface area contributed by atoms with Crippen molar-refractivity contribution in [3.8, 4) is 0 Å². The van der Waals surface area contributed by atoms with Crippen LogP contribution in [-0.4, -0.2) is 147 Å². The van der Waals surface area contributed by atoms with Gasteiger partial charge in [-0.25, -0.2) is 0 Å². The van der Waals surface area contributed by atoms with E-state index < -0.39 is 57.6 Å². The topological polar surface area (TPSA) is 355 Å². The van der Waals surface area contributed by atoms with Crippen molar-refractivity contribution in [2.45, 2.75) is 79.3 Å². The maximum atomic E-state index is 12.3. The summed E-state index contributed by atoms with van der Waals surface area (Å²) in [4.78, 5) is 69.6. The van der Waals surface area contributed by atoms with Crippen LogP contribution in [0, 0.1) is 20.2 Å². The largest absolute Gasteiger partial charge is 0.495 e.